The maximum absolute atomic E-state index is 12.9. The monoisotopic (exact) mass is 1050 g/mol. The first-order valence-corrected chi connectivity index (χ1v) is 31.7. The SMILES string of the molecule is CCCCCCCCCCCCCOC(=O)CCN(CCC(=O)OC)CCN(CC)CCN(CC)CCN(CCC(=O)OCCCCCCCCCCCCC)CCC(=O)OCCCCCCCCCCCCC. The van der Waals surface area contributed by atoms with Crippen LogP contribution in [0.2, 0.25) is 0 Å². The van der Waals surface area contributed by atoms with E-state index in [-0.39, 0.29) is 30.3 Å². The van der Waals surface area contributed by atoms with E-state index in [0.717, 1.165) is 90.9 Å². The Hall–Kier alpha value is -2.28. The molecule has 0 radical (unpaired) electrons. The number of carbonyl (C=O) groups excluding carboxylic acids is 4. The minimum atomic E-state index is -0.248. The Morgan fingerprint density at radius 2 is 0.459 bits per heavy atom. The van der Waals surface area contributed by atoms with Gasteiger partial charge in [-0.3, -0.25) is 19.2 Å². The molecule has 0 bridgehead atoms. The van der Waals surface area contributed by atoms with E-state index in [1.807, 2.05) is 0 Å². The highest BCUT2D eigenvalue weighted by molar-refractivity contribution is 5.70. The molecule has 12 nitrogen and oxygen atoms in total. The van der Waals surface area contributed by atoms with Crippen LogP contribution < -0.4 is 0 Å². The maximum atomic E-state index is 12.9. The number of methoxy groups -OCH3 is 1. The number of nitrogens with zero attached hydrogens (tertiary/aromatic N) is 4. The summed E-state index contributed by atoms with van der Waals surface area (Å²) in [4.78, 5) is 59.9. The summed E-state index contributed by atoms with van der Waals surface area (Å²) in [6.45, 7) is 21.4. The zero-order chi connectivity index (χ0) is 54.2. The predicted molar refractivity (Wildman–Crippen MR) is 310 cm³/mol. The third-order valence-corrected chi connectivity index (χ3v) is 14.9. The highest BCUT2D eigenvalue weighted by Crippen LogP contribution is 2.15. The van der Waals surface area contributed by atoms with Gasteiger partial charge >= 0.3 is 23.9 Å². The van der Waals surface area contributed by atoms with Crippen molar-refractivity contribution in [3.05, 3.63) is 0 Å². The number of hydrogen-bond acceptors (Lipinski definition) is 12. The van der Waals surface area contributed by atoms with Crippen LogP contribution in [-0.2, 0) is 38.1 Å². The smallest absolute Gasteiger partial charge is 0.307 e. The Balaban J connectivity index is 4.99. The molecule has 74 heavy (non-hydrogen) atoms. The van der Waals surface area contributed by atoms with Gasteiger partial charge in [0.25, 0.3) is 0 Å². The van der Waals surface area contributed by atoms with Crippen LogP contribution in [-0.4, -0.2) is 149 Å². The van der Waals surface area contributed by atoms with Gasteiger partial charge in [-0.15, -0.1) is 0 Å². The van der Waals surface area contributed by atoms with E-state index in [0.29, 0.717) is 65.3 Å². The summed E-state index contributed by atoms with van der Waals surface area (Å²) in [5, 5.41) is 0. The van der Waals surface area contributed by atoms with Gasteiger partial charge in [0.2, 0.25) is 0 Å². The zero-order valence-electron chi connectivity index (χ0n) is 49.8. The third-order valence-electron chi connectivity index (χ3n) is 14.9. The normalized spacial score (nSPS) is 11.6. The van der Waals surface area contributed by atoms with E-state index in [2.05, 4.69) is 54.2 Å². The molecular formula is C62H122N4O8. The van der Waals surface area contributed by atoms with E-state index in [1.165, 1.54) is 180 Å². The first-order valence-electron chi connectivity index (χ1n) is 31.7. The van der Waals surface area contributed by atoms with Crippen molar-refractivity contribution in [1.29, 1.82) is 0 Å². The average Bonchev–Trinajstić information content (AvgIpc) is 3.40. The summed E-state index contributed by atoms with van der Waals surface area (Å²) in [7, 11) is 1.42. The van der Waals surface area contributed by atoms with E-state index in [9.17, 15) is 19.2 Å². The molecule has 0 aromatic carbocycles. The lowest BCUT2D eigenvalue weighted by Crippen LogP contribution is -2.43. The Bertz CT molecular complexity index is 1200. The molecule has 0 aromatic rings. The van der Waals surface area contributed by atoms with Crippen molar-refractivity contribution in [3.8, 4) is 0 Å². The molecule has 0 fully saturated rings. The third kappa shape index (κ3) is 50.5. The molecule has 438 valence electrons. The van der Waals surface area contributed by atoms with Gasteiger partial charge in [-0.25, -0.2) is 0 Å². The molecule has 0 aliphatic carbocycles. The first kappa shape index (κ1) is 71.7. The molecule has 0 atom stereocenters. The van der Waals surface area contributed by atoms with Crippen LogP contribution in [0.4, 0.5) is 0 Å². The van der Waals surface area contributed by atoms with Crippen LogP contribution in [0.5, 0.6) is 0 Å². The number of esters is 4. The largest absolute Gasteiger partial charge is 0.469 e. The van der Waals surface area contributed by atoms with E-state index >= 15 is 0 Å². The number of rotatable bonds is 59. The summed E-state index contributed by atoms with van der Waals surface area (Å²) in [5.41, 5.74) is 0. The molecule has 0 N–H and O–H groups in total. The van der Waals surface area contributed by atoms with Crippen molar-refractivity contribution < 1.29 is 38.1 Å². The topological polar surface area (TPSA) is 118 Å². The Kier molecular flexibility index (Phi) is 55.2. The van der Waals surface area contributed by atoms with E-state index < -0.39 is 0 Å². The highest BCUT2D eigenvalue weighted by atomic mass is 16.5. The summed E-state index contributed by atoms with van der Waals surface area (Å²) in [6.07, 6.45) is 42.8. The molecule has 0 aliphatic heterocycles. The van der Waals surface area contributed by atoms with Crippen LogP contribution in [0.1, 0.15) is 272 Å². The van der Waals surface area contributed by atoms with Crippen molar-refractivity contribution in [1.82, 2.24) is 19.6 Å². The standard InChI is InChI=1S/C62H122N4O8/c1-7-12-15-18-21-24-27-30-33-36-39-56-72-60(68)43-47-65(46-42-59(67)71-6)54-52-63(10-4)50-51-64(11-5)53-55-66(48-44-61(69)73-57-40-37-34-31-28-25-22-19-16-13-8-2)49-45-62(70)74-58-41-38-35-32-29-26-23-20-17-14-9-3/h7-58H2,1-6H3. The number of carbonyl (C=O) groups is 4. The van der Waals surface area contributed by atoms with Crippen molar-refractivity contribution in [3.63, 3.8) is 0 Å². The van der Waals surface area contributed by atoms with Crippen LogP contribution >= 0.6 is 0 Å². The van der Waals surface area contributed by atoms with Gasteiger partial charge in [0.1, 0.15) is 0 Å². The van der Waals surface area contributed by atoms with Crippen molar-refractivity contribution in [2.24, 2.45) is 0 Å². The second kappa shape index (κ2) is 56.9. The minimum Gasteiger partial charge on any atom is -0.469 e. The van der Waals surface area contributed by atoms with Crippen LogP contribution in [0.3, 0.4) is 0 Å². The first-order chi connectivity index (χ1) is 36.2. The minimum absolute atomic E-state index is 0.163. The number of likely N-dealkylation sites (N-methyl/N-ethyl adjacent to an activating group) is 2. The van der Waals surface area contributed by atoms with Crippen molar-refractivity contribution in [2.75, 3.05) is 105 Å². The zero-order valence-corrected chi connectivity index (χ0v) is 49.8. The quantitative estimate of drug-likeness (QED) is 0.0328. The lowest BCUT2D eigenvalue weighted by molar-refractivity contribution is -0.145. The molecule has 0 saturated heterocycles. The highest BCUT2D eigenvalue weighted by Gasteiger charge is 2.17. The lowest BCUT2D eigenvalue weighted by atomic mass is 10.1. The number of ether oxygens (including phenoxy) is 4. The molecule has 0 aliphatic rings. The maximum Gasteiger partial charge on any atom is 0.307 e. The van der Waals surface area contributed by atoms with E-state index in [1.54, 1.807) is 0 Å². The Morgan fingerprint density at radius 1 is 0.257 bits per heavy atom. The molecule has 0 amide bonds. The molecule has 0 heterocycles. The summed E-state index contributed by atoms with van der Waals surface area (Å²) >= 11 is 0. The predicted octanol–water partition coefficient (Wildman–Crippen LogP) is 14.5. The summed E-state index contributed by atoms with van der Waals surface area (Å²) in [5.74, 6) is -0.747. The fourth-order valence-electron chi connectivity index (χ4n) is 9.55. The molecule has 0 spiro atoms. The molecule has 0 unspecified atom stereocenters. The lowest BCUT2D eigenvalue weighted by Gasteiger charge is -2.30. The van der Waals surface area contributed by atoms with Gasteiger partial charge in [0, 0.05) is 65.4 Å². The van der Waals surface area contributed by atoms with Gasteiger partial charge in [-0.2, -0.15) is 0 Å². The average molecular weight is 1050 g/mol. The summed E-state index contributed by atoms with van der Waals surface area (Å²) < 4.78 is 21.9. The molecule has 12 heteroatoms. The Labute approximate surface area is 457 Å². The fraction of sp³-hybridized carbons (Fsp3) is 0.935. The Morgan fingerprint density at radius 3 is 0.676 bits per heavy atom. The van der Waals surface area contributed by atoms with Crippen molar-refractivity contribution >= 4 is 23.9 Å². The van der Waals surface area contributed by atoms with Crippen LogP contribution in [0, 0.1) is 0 Å². The molecule has 0 rings (SSSR count). The number of unbranched alkanes of at least 4 members (excludes halogenated alkanes) is 30. The van der Waals surface area contributed by atoms with Crippen LogP contribution in [0.25, 0.3) is 0 Å². The van der Waals surface area contributed by atoms with Gasteiger partial charge in [0.05, 0.1) is 52.6 Å². The second-order valence-electron chi connectivity index (χ2n) is 21.4. The molecular weight excluding hydrogens is 929 g/mol. The number of hydrogen-bond donors (Lipinski definition) is 0. The second-order valence-corrected chi connectivity index (χ2v) is 21.4. The van der Waals surface area contributed by atoms with Gasteiger partial charge in [0.15, 0.2) is 0 Å². The van der Waals surface area contributed by atoms with Crippen molar-refractivity contribution in [2.45, 2.75) is 272 Å². The van der Waals surface area contributed by atoms with Gasteiger partial charge in [-0.1, -0.05) is 227 Å². The van der Waals surface area contributed by atoms with Gasteiger partial charge in [-0.05, 0) is 32.4 Å². The molecule has 0 saturated carbocycles. The van der Waals surface area contributed by atoms with Crippen LogP contribution in [0.15, 0.2) is 0 Å². The van der Waals surface area contributed by atoms with Gasteiger partial charge < -0.3 is 38.5 Å². The molecule has 0 aromatic heterocycles. The van der Waals surface area contributed by atoms with E-state index in [4.69, 9.17) is 18.9 Å². The summed E-state index contributed by atoms with van der Waals surface area (Å²) in [6, 6.07) is 0. The fourth-order valence-corrected chi connectivity index (χ4v) is 9.55.